The topological polar surface area (TPSA) is 79.6 Å². The zero-order valence-corrected chi connectivity index (χ0v) is 19.3. The molecule has 2 amide bonds. The van der Waals surface area contributed by atoms with E-state index in [1.54, 1.807) is 7.05 Å². The van der Waals surface area contributed by atoms with Crippen LogP contribution in [0, 0.1) is 5.41 Å². The third-order valence-electron chi connectivity index (χ3n) is 6.23. The first-order valence-corrected chi connectivity index (χ1v) is 11.4. The van der Waals surface area contributed by atoms with E-state index in [0.29, 0.717) is 18.2 Å². The van der Waals surface area contributed by atoms with Gasteiger partial charge in [-0.1, -0.05) is 46.5 Å². The van der Waals surface area contributed by atoms with Crippen LogP contribution < -0.4 is 5.32 Å². The Morgan fingerprint density at radius 2 is 1.73 bits per heavy atom. The van der Waals surface area contributed by atoms with Gasteiger partial charge in [0.05, 0.1) is 5.69 Å². The number of carbonyl (C=O) groups is 2. The molecular weight excluding hydrogens is 378 g/mol. The summed E-state index contributed by atoms with van der Waals surface area (Å²) in [5.74, 6) is 0.740. The first kappa shape index (κ1) is 22.7. The van der Waals surface area contributed by atoms with Gasteiger partial charge in [-0.15, -0.1) is 0 Å². The van der Waals surface area contributed by atoms with Gasteiger partial charge in [-0.05, 0) is 32.9 Å². The molecule has 30 heavy (non-hydrogen) atoms. The van der Waals surface area contributed by atoms with Crippen LogP contribution in [0.2, 0.25) is 0 Å². The lowest BCUT2D eigenvalue weighted by molar-refractivity contribution is -0.114. The molecule has 7 heteroatoms. The molecule has 0 atom stereocenters. The number of hydrogen-bond donors (Lipinski definition) is 1. The minimum atomic E-state index is -0.534. The zero-order chi connectivity index (χ0) is 21.9. The fraction of sp³-hybridized carbons (Fsp3) is 0.739. The van der Waals surface area contributed by atoms with Crippen molar-refractivity contribution in [2.45, 2.75) is 84.7 Å². The summed E-state index contributed by atoms with van der Waals surface area (Å²) in [6, 6.07) is 0. The maximum atomic E-state index is 13.3. The van der Waals surface area contributed by atoms with Crippen molar-refractivity contribution in [3.63, 3.8) is 0 Å². The maximum Gasteiger partial charge on any atom is 0.297 e. The summed E-state index contributed by atoms with van der Waals surface area (Å²) in [6.07, 6.45) is 8.32. The number of fused-ring (bicyclic) bond motifs is 1. The molecule has 7 nitrogen and oxygen atoms in total. The quantitative estimate of drug-likeness (QED) is 0.605. The van der Waals surface area contributed by atoms with E-state index in [1.165, 1.54) is 25.7 Å². The Hall–Kier alpha value is -2.02. The lowest BCUT2D eigenvalue weighted by atomic mass is 9.89. The van der Waals surface area contributed by atoms with E-state index in [9.17, 15) is 9.59 Å². The highest BCUT2D eigenvalue weighted by molar-refractivity contribution is 6.42. The van der Waals surface area contributed by atoms with E-state index in [-0.39, 0.29) is 11.6 Å². The highest BCUT2D eigenvalue weighted by Gasteiger charge is 2.31. The van der Waals surface area contributed by atoms with Gasteiger partial charge >= 0.3 is 0 Å². The second-order valence-electron chi connectivity index (χ2n) is 9.79. The van der Waals surface area contributed by atoms with Crippen LogP contribution in [0.3, 0.4) is 0 Å². The van der Waals surface area contributed by atoms with Crippen molar-refractivity contribution in [1.29, 1.82) is 0 Å². The predicted molar refractivity (Wildman–Crippen MR) is 119 cm³/mol. The summed E-state index contributed by atoms with van der Waals surface area (Å²) in [5.41, 5.74) is 1.09. The summed E-state index contributed by atoms with van der Waals surface area (Å²) < 4.78 is 2.29. The lowest BCUT2D eigenvalue weighted by Crippen LogP contribution is -2.37. The van der Waals surface area contributed by atoms with Crippen molar-refractivity contribution >= 4 is 17.5 Å². The Balaban J connectivity index is 2.06. The number of imidazole rings is 1. The van der Waals surface area contributed by atoms with Crippen molar-refractivity contribution in [3.05, 3.63) is 17.2 Å². The molecule has 2 heterocycles. The van der Waals surface area contributed by atoms with Gasteiger partial charge in [-0.25, -0.2) is 9.98 Å². The van der Waals surface area contributed by atoms with Gasteiger partial charge in [-0.3, -0.25) is 9.59 Å². The van der Waals surface area contributed by atoms with Gasteiger partial charge < -0.3 is 14.8 Å². The van der Waals surface area contributed by atoms with Crippen LogP contribution in [0.15, 0.2) is 4.99 Å². The molecule has 1 N–H and O–H groups in total. The van der Waals surface area contributed by atoms with Crippen molar-refractivity contribution in [1.82, 2.24) is 19.8 Å². The third-order valence-corrected chi connectivity index (χ3v) is 6.23. The van der Waals surface area contributed by atoms with Crippen molar-refractivity contribution in [2.24, 2.45) is 10.4 Å². The number of aliphatic imine (C=N–C) groups is 1. The molecule has 1 aliphatic carbocycles. The Bertz CT molecular complexity index is 810. The minimum absolute atomic E-state index is 0.245. The Labute approximate surface area is 180 Å². The average molecular weight is 416 g/mol. The first-order valence-electron chi connectivity index (χ1n) is 11.4. The number of hydrogen-bond acceptors (Lipinski definition) is 4. The van der Waals surface area contributed by atoms with E-state index >= 15 is 0 Å². The molecule has 1 aromatic rings. The highest BCUT2D eigenvalue weighted by Crippen LogP contribution is 2.33. The molecule has 0 unspecified atom stereocenters. The van der Waals surface area contributed by atoms with Gasteiger partial charge in [0.1, 0.15) is 11.5 Å². The molecule has 0 radical (unpaired) electrons. The molecule has 3 rings (SSSR count). The van der Waals surface area contributed by atoms with E-state index in [2.05, 4.69) is 26.8 Å². The summed E-state index contributed by atoms with van der Waals surface area (Å²) in [7, 11) is 3.65. The number of carbonyl (C=O) groups excluding carboxylic acids is 2. The number of aromatic nitrogens is 2. The molecule has 0 spiro atoms. The molecule has 0 bridgehead atoms. The van der Waals surface area contributed by atoms with E-state index in [0.717, 1.165) is 43.9 Å². The molecule has 1 aliphatic heterocycles. The molecule has 0 saturated heterocycles. The second kappa shape index (κ2) is 9.41. The summed E-state index contributed by atoms with van der Waals surface area (Å²) in [4.78, 5) is 37.1. The van der Waals surface area contributed by atoms with Gasteiger partial charge in [0.15, 0.2) is 5.69 Å². The van der Waals surface area contributed by atoms with Crippen LogP contribution in [0.5, 0.6) is 0 Å². The van der Waals surface area contributed by atoms with Gasteiger partial charge in [0.2, 0.25) is 0 Å². The normalized spacial score (nSPS) is 19.7. The van der Waals surface area contributed by atoms with E-state index < -0.39 is 11.3 Å². The molecular formula is C23H37N5O2. The van der Waals surface area contributed by atoms with Crippen LogP contribution >= 0.6 is 0 Å². The standard InChI is InChI=1S/C23H37N5O2/c1-23(2,3)19(22(30)24-4)26-21(29)18-17-15-27(5)13-10-14-28(17)20(25-18)16-11-8-6-7-9-12-16/h16H,6-15H2,1-5H3,(H,24,30)/b26-19-. The van der Waals surface area contributed by atoms with Gasteiger partial charge in [0, 0.05) is 31.5 Å². The van der Waals surface area contributed by atoms with Crippen molar-refractivity contribution in [3.8, 4) is 0 Å². The Kier molecular flexibility index (Phi) is 7.11. The molecule has 0 aromatic carbocycles. The molecule has 2 aliphatic rings. The van der Waals surface area contributed by atoms with E-state index in [4.69, 9.17) is 4.98 Å². The minimum Gasteiger partial charge on any atom is -0.354 e. The average Bonchev–Trinajstić information content (AvgIpc) is 2.88. The van der Waals surface area contributed by atoms with E-state index in [1.807, 2.05) is 20.8 Å². The smallest absolute Gasteiger partial charge is 0.297 e. The summed E-state index contributed by atoms with van der Waals surface area (Å²) in [6.45, 7) is 8.25. The maximum absolute atomic E-state index is 13.3. The summed E-state index contributed by atoms with van der Waals surface area (Å²) in [5, 5.41) is 2.62. The predicted octanol–water partition coefficient (Wildman–Crippen LogP) is 3.53. The number of nitrogens with one attached hydrogen (secondary N) is 1. The number of rotatable bonds is 3. The van der Waals surface area contributed by atoms with Crippen LogP contribution in [-0.2, 0) is 17.9 Å². The summed E-state index contributed by atoms with van der Waals surface area (Å²) >= 11 is 0. The second-order valence-corrected chi connectivity index (χ2v) is 9.79. The van der Waals surface area contributed by atoms with Crippen LogP contribution in [0.1, 0.15) is 93.6 Å². The molecule has 1 aromatic heterocycles. The molecule has 166 valence electrons. The largest absolute Gasteiger partial charge is 0.354 e. The highest BCUT2D eigenvalue weighted by atomic mass is 16.2. The third kappa shape index (κ3) is 4.99. The van der Waals surface area contributed by atoms with Gasteiger partial charge in [0.25, 0.3) is 11.8 Å². The van der Waals surface area contributed by atoms with Crippen LogP contribution in [-0.4, -0.2) is 52.6 Å². The molecule has 1 fully saturated rings. The first-order chi connectivity index (χ1) is 14.2. The number of amides is 2. The van der Waals surface area contributed by atoms with Gasteiger partial charge in [-0.2, -0.15) is 0 Å². The SMILES string of the molecule is CNC(=O)/C(=N/C(=O)c1nc(C2CCCCCC2)n2c1CN(C)CCC2)C(C)(C)C. The fourth-order valence-corrected chi connectivity index (χ4v) is 4.60. The fourth-order valence-electron chi connectivity index (χ4n) is 4.60. The number of nitrogens with zero attached hydrogens (tertiary/aromatic N) is 4. The van der Waals surface area contributed by atoms with Crippen molar-refractivity contribution < 1.29 is 9.59 Å². The van der Waals surface area contributed by atoms with Crippen LogP contribution in [0.25, 0.3) is 0 Å². The monoisotopic (exact) mass is 415 g/mol. The van der Waals surface area contributed by atoms with Crippen molar-refractivity contribution in [2.75, 3.05) is 20.6 Å². The Morgan fingerprint density at radius 1 is 1.07 bits per heavy atom. The zero-order valence-electron chi connectivity index (χ0n) is 19.3. The Morgan fingerprint density at radius 3 is 2.33 bits per heavy atom. The lowest BCUT2D eigenvalue weighted by Gasteiger charge is -2.19. The van der Waals surface area contributed by atoms with Crippen LogP contribution in [0.4, 0.5) is 0 Å². The molecule has 1 saturated carbocycles.